The lowest BCUT2D eigenvalue weighted by molar-refractivity contribution is 0.112. The van der Waals surface area contributed by atoms with Crippen LogP contribution in [0, 0.1) is 6.92 Å². The Morgan fingerprint density at radius 2 is 2.10 bits per heavy atom. The van der Waals surface area contributed by atoms with Crippen molar-refractivity contribution in [2.75, 3.05) is 12.4 Å². The molecule has 1 aromatic heterocycles. The van der Waals surface area contributed by atoms with Crippen molar-refractivity contribution < 1.29 is 9.53 Å². The number of carbonyl (C=O) groups is 1. The molecule has 0 spiro atoms. The zero-order valence-electron chi connectivity index (χ0n) is 11.0. The lowest BCUT2D eigenvalue weighted by Gasteiger charge is -2.06. The Labute approximate surface area is 120 Å². The van der Waals surface area contributed by atoms with E-state index in [2.05, 4.69) is 9.97 Å². The van der Waals surface area contributed by atoms with Crippen LogP contribution in [0.5, 0.6) is 5.75 Å². The summed E-state index contributed by atoms with van der Waals surface area (Å²) in [5.74, 6) is 1.38. The number of carbonyl (C=O) groups excluding carboxylic acids is 1. The Hall–Kier alpha value is -2.08. The number of rotatable bonds is 6. The summed E-state index contributed by atoms with van der Waals surface area (Å²) < 4.78 is 5.53. The summed E-state index contributed by atoms with van der Waals surface area (Å²) in [5.41, 5.74) is 1.17. The van der Waals surface area contributed by atoms with Crippen molar-refractivity contribution in [3.63, 3.8) is 0 Å². The molecule has 1 N–H and O–H groups in total. The van der Waals surface area contributed by atoms with Crippen LogP contribution in [0.2, 0.25) is 0 Å². The Morgan fingerprint density at radius 3 is 2.75 bits per heavy atom. The van der Waals surface area contributed by atoms with Crippen molar-refractivity contribution in [1.29, 1.82) is 0 Å². The summed E-state index contributed by atoms with van der Waals surface area (Å²) in [4.78, 5) is 28.6. The first kappa shape index (κ1) is 14.3. The van der Waals surface area contributed by atoms with Gasteiger partial charge in [0.2, 0.25) is 0 Å². The molecular weight excluding hydrogens is 276 g/mol. The standard InChI is InChI=1S/C14H14N2O3S/c1-10-8-13(18)16-14(15-10)20-7-6-19-12-4-2-11(9-17)3-5-12/h2-5,8-9H,6-7H2,1H3,(H,15,16,18). The van der Waals surface area contributed by atoms with Crippen molar-refractivity contribution in [1.82, 2.24) is 9.97 Å². The first-order valence-corrected chi connectivity index (χ1v) is 7.05. The molecule has 0 atom stereocenters. The molecule has 0 unspecified atom stereocenters. The van der Waals surface area contributed by atoms with Gasteiger partial charge in [-0.3, -0.25) is 9.59 Å². The van der Waals surface area contributed by atoms with E-state index in [4.69, 9.17) is 4.74 Å². The van der Waals surface area contributed by atoms with Crippen LogP contribution < -0.4 is 10.3 Å². The molecule has 0 saturated heterocycles. The van der Waals surface area contributed by atoms with Gasteiger partial charge in [-0.2, -0.15) is 0 Å². The van der Waals surface area contributed by atoms with Gasteiger partial charge in [-0.15, -0.1) is 0 Å². The van der Waals surface area contributed by atoms with Crippen LogP contribution in [0.4, 0.5) is 0 Å². The van der Waals surface area contributed by atoms with E-state index in [1.807, 2.05) is 0 Å². The zero-order valence-corrected chi connectivity index (χ0v) is 11.8. The Bertz CT molecular complexity index is 638. The molecule has 0 bridgehead atoms. The number of nitrogens with zero attached hydrogens (tertiary/aromatic N) is 1. The minimum atomic E-state index is -0.148. The number of aldehydes is 1. The fourth-order valence-corrected chi connectivity index (χ4v) is 2.30. The second kappa shape index (κ2) is 6.91. The first-order valence-electron chi connectivity index (χ1n) is 6.06. The number of ether oxygens (including phenoxy) is 1. The van der Waals surface area contributed by atoms with Crippen molar-refractivity contribution in [2.24, 2.45) is 0 Å². The van der Waals surface area contributed by atoms with E-state index in [0.29, 0.717) is 34.5 Å². The predicted octanol–water partition coefficient (Wildman–Crippen LogP) is 2.06. The Morgan fingerprint density at radius 1 is 1.35 bits per heavy atom. The summed E-state index contributed by atoms with van der Waals surface area (Å²) in [5, 5.41) is 0.593. The molecule has 1 heterocycles. The van der Waals surface area contributed by atoms with Gasteiger partial charge >= 0.3 is 0 Å². The van der Waals surface area contributed by atoms with Crippen LogP contribution in [-0.4, -0.2) is 28.6 Å². The summed E-state index contributed by atoms with van der Waals surface area (Å²) in [6.07, 6.45) is 0.791. The molecule has 1 aromatic carbocycles. The molecular formula is C14H14N2O3S. The highest BCUT2D eigenvalue weighted by atomic mass is 32.2. The van der Waals surface area contributed by atoms with Gasteiger partial charge in [0.1, 0.15) is 12.0 Å². The third kappa shape index (κ3) is 4.24. The molecule has 0 aliphatic carbocycles. The second-order valence-electron chi connectivity index (χ2n) is 4.08. The number of hydrogen-bond acceptors (Lipinski definition) is 5. The van der Waals surface area contributed by atoms with Crippen LogP contribution in [0.15, 0.2) is 40.3 Å². The molecule has 0 saturated carbocycles. The minimum Gasteiger partial charge on any atom is -0.493 e. The van der Waals surface area contributed by atoms with Crippen molar-refractivity contribution in [2.45, 2.75) is 12.1 Å². The van der Waals surface area contributed by atoms with E-state index in [1.54, 1.807) is 31.2 Å². The maximum atomic E-state index is 11.3. The second-order valence-corrected chi connectivity index (χ2v) is 5.16. The van der Waals surface area contributed by atoms with E-state index < -0.39 is 0 Å². The van der Waals surface area contributed by atoms with Gasteiger partial charge < -0.3 is 9.72 Å². The lowest BCUT2D eigenvalue weighted by Crippen LogP contribution is -2.09. The Kier molecular flexibility index (Phi) is 4.95. The van der Waals surface area contributed by atoms with Crippen molar-refractivity contribution >= 4 is 18.0 Å². The average molecular weight is 290 g/mol. The van der Waals surface area contributed by atoms with E-state index in [-0.39, 0.29) is 5.56 Å². The van der Waals surface area contributed by atoms with Crippen molar-refractivity contribution in [3.8, 4) is 5.75 Å². The molecule has 0 aliphatic heterocycles. The monoisotopic (exact) mass is 290 g/mol. The van der Waals surface area contributed by atoms with Crippen LogP contribution in [0.25, 0.3) is 0 Å². The fraction of sp³-hybridized carbons (Fsp3) is 0.214. The summed E-state index contributed by atoms with van der Waals surface area (Å²) in [7, 11) is 0. The fourth-order valence-electron chi connectivity index (χ4n) is 1.56. The molecule has 0 fully saturated rings. The lowest BCUT2D eigenvalue weighted by atomic mass is 10.2. The molecule has 104 valence electrons. The third-order valence-electron chi connectivity index (χ3n) is 2.46. The van der Waals surface area contributed by atoms with Gasteiger partial charge in [0.25, 0.3) is 5.56 Å². The molecule has 0 aliphatic rings. The van der Waals surface area contributed by atoms with Gasteiger partial charge in [0.15, 0.2) is 5.16 Å². The smallest absolute Gasteiger partial charge is 0.251 e. The maximum absolute atomic E-state index is 11.3. The quantitative estimate of drug-likeness (QED) is 0.381. The minimum absolute atomic E-state index is 0.148. The zero-order chi connectivity index (χ0) is 14.4. The number of hydrogen-bond donors (Lipinski definition) is 1. The summed E-state index contributed by atoms with van der Waals surface area (Å²) >= 11 is 1.43. The number of aromatic amines is 1. The molecule has 0 radical (unpaired) electrons. The highest BCUT2D eigenvalue weighted by Gasteiger charge is 2.00. The van der Waals surface area contributed by atoms with Gasteiger partial charge in [-0.05, 0) is 31.2 Å². The van der Waals surface area contributed by atoms with Gasteiger partial charge in [-0.1, -0.05) is 11.8 Å². The largest absolute Gasteiger partial charge is 0.493 e. The number of H-pyrrole nitrogens is 1. The molecule has 20 heavy (non-hydrogen) atoms. The molecule has 2 aromatic rings. The Balaban J connectivity index is 1.80. The van der Waals surface area contributed by atoms with Crippen LogP contribution >= 0.6 is 11.8 Å². The highest BCUT2D eigenvalue weighted by molar-refractivity contribution is 7.99. The van der Waals surface area contributed by atoms with Crippen molar-refractivity contribution in [3.05, 3.63) is 51.9 Å². The van der Waals surface area contributed by atoms with Crippen LogP contribution in [-0.2, 0) is 0 Å². The summed E-state index contributed by atoms with van der Waals surface area (Å²) in [6, 6.07) is 8.36. The molecule has 0 amide bonds. The van der Waals surface area contributed by atoms with Gasteiger partial charge in [0, 0.05) is 23.1 Å². The molecule has 6 heteroatoms. The van der Waals surface area contributed by atoms with Crippen LogP contribution in [0.3, 0.4) is 0 Å². The maximum Gasteiger partial charge on any atom is 0.251 e. The topological polar surface area (TPSA) is 72.1 Å². The van der Waals surface area contributed by atoms with E-state index in [9.17, 15) is 9.59 Å². The van der Waals surface area contributed by atoms with E-state index in [0.717, 1.165) is 6.29 Å². The summed E-state index contributed by atoms with van der Waals surface area (Å²) in [6.45, 7) is 2.27. The van der Waals surface area contributed by atoms with Crippen LogP contribution in [0.1, 0.15) is 16.1 Å². The number of aryl methyl sites for hydroxylation is 1. The molecule has 5 nitrogen and oxygen atoms in total. The van der Waals surface area contributed by atoms with Gasteiger partial charge in [0.05, 0.1) is 6.61 Å². The number of benzene rings is 1. The number of aromatic nitrogens is 2. The average Bonchev–Trinajstić information content (AvgIpc) is 2.43. The number of nitrogens with one attached hydrogen (secondary N) is 1. The third-order valence-corrected chi connectivity index (χ3v) is 3.29. The first-order chi connectivity index (χ1) is 9.67. The number of thioether (sulfide) groups is 1. The van der Waals surface area contributed by atoms with E-state index in [1.165, 1.54) is 17.8 Å². The van der Waals surface area contributed by atoms with Gasteiger partial charge in [-0.25, -0.2) is 4.98 Å². The highest BCUT2D eigenvalue weighted by Crippen LogP contribution is 2.14. The predicted molar refractivity (Wildman–Crippen MR) is 77.6 cm³/mol. The van der Waals surface area contributed by atoms with E-state index >= 15 is 0 Å². The SMILES string of the molecule is Cc1cc(=O)[nH]c(SCCOc2ccc(C=O)cc2)n1. The normalized spacial score (nSPS) is 10.2. The molecule has 2 rings (SSSR count).